The highest BCUT2D eigenvalue weighted by atomic mass is 28.5. The zero-order valence-corrected chi connectivity index (χ0v) is 38.5. The maximum absolute atomic E-state index is 11.4. The molecule has 0 aromatic carbocycles. The van der Waals surface area contributed by atoms with Gasteiger partial charge in [0.2, 0.25) is 0 Å². The fourth-order valence-corrected chi connectivity index (χ4v) is 31.6. The topological polar surface area (TPSA) is 92.7 Å². The second kappa shape index (κ2) is 27.8. The largest absolute Gasteiger partial charge is 0.459 e. The number of ether oxygens (including phenoxy) is 2. The first-order chi connectivity index (χ1) is 20.2. The first-order valence-electron chi connectivity index (χ1n) is 17.1. The van der Waals surface area contributed by atoms with E-state index in [-0.39, 0.29) is 42.9 Å². The van der Waals surface area contributed by atoms with Gasteiger partial charge >= 0.3 is 23.1 Å². The zero-order valence-electron chi connectivity index (χ0n) is 32.4. The average Bonchev–Trinajstić information content (AvgIpc) is 2.81. The molecule has 1 atom stereocenters. The molecule has 0 saturated carbocycles. The van der Waals surface area contributed by atoms with Gasteiger partial charge in [-0.3, -0.25) is 0 Å². The summed E-state index contributed by atoms with van der Waals surface area (Å²) in [5, 5.41) is 10.3. The summed E-state index contributed by atoms with van der Waals surface area (Å²) in [5.74, 6) is -0.505. The number of carbonyl (C=O) groups excluding carboxylic acids is 1. The third kappa shape index (κ3) is 36.4. The Kier molecular flexibility index (Phi) is 34.8. The Balaban J connectivity index is -0.000000208. The summed E-state index contributed by atoms with van der Waals surface area (Å²) in [4.78, 5) is 11.4. The highest BCUT2D eigenvalue weighted by Gasteiger charge is 2.39. The molecule has 0 aromatic rings. The molecule has 0 radical (unpaired) electrons. The van der Waals surface area contributed by atoms with Crippen LogP contribution in [0.3, 0.4) is 0 Å². The fraction of sp³-hybridized carbons (Fsp3) is 0.914. The maximum atomic E-state index is 11.4. The van der Waals surface area contributed by atoms with Crippen LogP contribution >= 0.6 is 0 Å². The van der Waals surface area contributed by atoms with Crippen LogP contribution < -0.4 is 0 Å². The van der Waals surface area contributed by atoms with Crippen molar-refractivity contribution in [3.05, 3.63) is 12.2 Å². The molecule has 0 spiro atoms. The normalized spacial score (nSPS) is 13.3. The van der Waals surface area contributed by atoms with Gasteiger partial charge < -0.3 is 31.0 Å². The van der Waals surface area contributed by atoms with Crippen molar-refractivity contribution in [1.29, 1.82) is 0 Å². The molecular formula is C35H90O8Si6. The standard InChI is InChI=1S/C21H46O6Si3.C10H28O2Si3.4CH4/c1-11-12-15-28(5,6)26-30(9,10)27-29(7,8)16-13-14-24-17-21(4,23)18-25-20(22)19(2)3;1-8-9-10-14(4,5)12-15(6,7)11-13(2)3;;;;/h23H,2,11-18H2,1,3-10H3;13H,8-10H2,1-7H3;4*1H4. The lowest BCUT2D eigenvalue weighted by Crippen LogP contribution is -2.52. The van der Waals surface area contributed by atoms with Crippen LogP contribution in [-0.4, -0.2) is 87.6 Å². The van der Waals surface area contributed by atoms with Gasteiger partial charge in [0.15, 0.2) is 34.0 Å². The number of unbranched alkanes of at least 4 members (excludes halogenated alkanes) is 2. The Hall–Kier alpha value is 0.271. The van der Waals surface area contributed by atoms with Gasteiger partial charge in [-0.1, -0.05) is 75.8 Å². The van der Waals surface area contributed by atoms with E-state index in [2.05, 4.69) is 99.0 Å². The molecule has 0 fully saturated rings. The lowest BCUT2D eigenvalue weighted by Gasteiger charge is -2.38. The Morgan fingerprint density at radius 2 is 1.06 bits per heavy atom. The van der Waals surface area contributed by atoms with Crippen LogP contribution in [0.1, 0.15) is 89.5 Å². The molecule has 1 N–H and O–H groups in total. The monoisotopic (exact) mass is 807 g/mol. The van der Waals surface area contributed by atoms with Crippen molar-refractivity contribution in [2.24, 2.45) is 0 Å². The van der Waals surface area contributed by atoms with E-state index in [1.165, 1.54) is 37.8 Å². The van der Waals surface area contributed by atoms with Gasteiger partial charge in [0, 0.05) is 12.2 Å². The van der Waals surface area contributed by atoms with Crippen LogP contribution in [0.2, 0.25) is 96.7 Å². The predicted octanol–water partition coefficient (Wildman–Crippen LogP) is 11.5. The number of hydrogen-bond acceptors (Lipinski definition) is 8. The van der Waals surface area contributed by atoms with E-state index < -0.39 is 62.7 Å². The SMILES string of the molecule is C.C.C.C.C=C(C)C(=O)OCC(C)(O)COCCC[Si](C)(C)O[Si](C)(C)O[Si](C)(C)CCCC.CCCC[Si](C)(C)O[Si](C)(C)O[SiH](C)C. The van der Waals surface area contributed by atoms with Crippen LogP contribution in [0, 0.1) is 0 Å². The van der Waals surface area contributed by atoms with Crippen molar-refractivity contribution < 1.29 is 35.8 Å². The summed E-state index contributed by atoms with van der Waals surface area (Å²) in [6, 6.07) is 3.42. The van der Waals surface area contributed by atoms with Crippen molar-refractivity contribution >= 4 is 57.1 Å². The van der Waals surface area contributed by atoms with Gasteiger partial charge in [-0.2, -0.15) is 0 Å². The molecule has 1 unspecified atom stereocenters. The Bertz CT molecular complexity index is 850. The molecule has 0 aliphatic heterocycles. The predicted molar refractivity (Wildman–Crippen MR) is 234 cm³/mol. The van der Waals surface area contributed by atoms with E-state index in [9.17, 15) is 9.90 Å². The van der Waals surface area contributed by atoms with Crippen LogP contribution in [0.5, 0.6) is 0 Å². The number of hydrogen-bond donors (Lipinski definition) is 1. The third-order valence-electron chi connectivity index (χ3n) is 6.69. The van der Waals surface area contributed by atoms with E-state index in [0.717, 1.165) is 12.5 Å². The van der Waals surface area contributed by atoms with Gasteiger partial charge in [-0.15, -0.1) is 0 Å². The minimum atomic E-state index is -2.17. The number of carbonyl (C=O) groups is 1. The third-order valence-corrected chi connectivity index (χ3v) is 28.1. The molecule has 0 rings (SSSR count). The molecular weight excluding hydrogens is 717 g/mol. The molecule has 0 saturated heterocycles. The molecule has 0 aliphatic carbocycles. The van der Waals surface area contributed by atoms with Crippen molar-refractivity contribution in [2.45, 2.75) is 192 Å². The van der Waals surface area contributed by atoms with Gasteiger partial charge in [0.25, 0.3) is 0 Å². The molecule has 0 aliphatic rings. The lowest BCUT2D eigenvalue weighted by molar-refractivity contribution is -0.149. The fourth-order valence-electron chi connectivity index (χ4n) is 5.24. The van der Waals surface area contributed by atoms with Crippen molar-refractivity contribution in [3.8, 4) is 0 Å². The number of rotatable bonds is 23. The Morgan fingerprint density at radius 1 is 0.694 bits per heavy atom. The molecule has 0 aromatic heterocycles. The minimum absolute atomic E-state index is 0. The van der Waals surface area contributed by atoms with Crippen LogP contribution in [-0.2, 0) is 30.7 Å². The minimum Gasteiger partial charge on any atom is -0.459 e. The average molecular weight is 808 g/mol. The lowest BCUT2D eigenvalue weighted by atomic mass is 10.1. The van der Waals surface area contributed by atoms with Crippen LogP contribution in [0.15, 0.2) is 12.2 Å². The highest BCUT2D eigenvalue weighted by Crippen LogP contribution is 2.26. The van der Waals surface area contributed by atoms with Crippen molar-refractivity contribution in [3.63, 3.8) is 0 Å². The smallest absolute Gasteiger partial charge is 0.333 e. The van der Waals surface area contributed by atoms with E-state index >= 15 is 0 Å². The number of aliphatic hydroxyl groups is 1. The van der Waals surface area contributed by atoms with Gasteiger partial charge in [0.1, 0.15) is 12.2 Å². The second-order valence-electron chi connectivity index (χ2n) is 15.8. The zero-order chi connectivity index (χ0) is 35.8. The summed E-state index contributed by atoms with van der Waals surface area (Å²) < 4.78 is 36.2. The summed E-state index contributed by atoms with van der Waals surface area (Å²) in [7, 11) is -9.97. The summed E-state index contributed by atoms with van der Waals surface area (Å²) >= 11 is 0. The van der Waals surface area contributed by atoms with Crippen LogP contribution in [0.25, 0.3) is 0 Å². The maximum Gasteiger partial charge on any atom is 0.333 e. The molecule has 0 amide bonds. The van der Waals surface area contributed by atoms with Gasteiger partial charge in [-0.25, -0.2) is 4.79 Å². The first kappa shape index (κ1) is 61.3. The van der Waals surface area contributed by atoms with E-state index in [1.807, 2.05) is 0 Å². The number of esters is 1. The Labute approximate surface area is 315 Å². The van der Waals surface area contributed by atoms with Gasteiger partial charge in [0.05, 0.1) is 6.61 Å². The summed E-state index contributed by atoms with van der Waals surface area (Å²) in [6.07, 6.45) is 5.84. The van der Waals surface area contributed by atoms with Crippen molar-refractivity contribution in [2.75, 3.05) is 19.8 Å². The first-order valence-corrected chi connectivity index (χ1v) is 34.9. The van der Waals surface area contributed by atoms with E-state index in [1.54, 1.807) is 13.8 Å². The Morgan fingerprint density at radius 3 is 1.41 bits per heavy atom. The molecule has 302 valence electrons. The summed E-state index contributed by atoms with van der Waals surface area (Å²) in [5.41, 5.74) is -0.905. The summed E-state index contributed by atoms with van der Waals surface area (Å²) in [6.45, 7) is 38.6. The van der Waals surface area contributed by atoms with E-state index in [4.69, 9.17) is 25.9 Å². The molecule has 0 bridgehead atoms. The highest BCUT2D eigenvalue weighted by molar-refractivity contribution is 6.88. The molecule has 8 nitrogen and oxygen atoms in total. The molecule has 14 heteroatoms. The van der Waals surface area contributed by atoms with E-state index in [0.29, 0.717) is 12.2 Å². The second-order valence-corrected chi connectivity index (χ2v) is 38.9. The van der Waals surface area contributed by atoms with Crippen LogP contribution in [0.4, 0.5) is 0 Å². The molecule has 49 heavy (non-hydrogen) atoms. The van der Waals surface area contributed by atoms with Gasteiger partial charge in [-0.05, 0) is 117 Å². The van der Waals surface area contributed by atoms with Crippen molar-refractivity contribution in [1.82, 2.24) is 0 Å². The quantitative estimate of drug-likeness (QED) is 0.0472. The molecule has 0 heterocycles.